The lowest BCUT2D eigenvalue weighted by atomic mass is 9.91. The van der Waals surface area contributed by atoms with Crippen molar-refractivity contribution in [3.05, 3.63) is 276 Å². The third kappa shape index (κ3) is 8.57. The van der Waals surface area contributed by atoms with Crippen LogP contribution in [-0.4, -0.2) is 0 Å². The predicted molar refractivity (Wildman–Crippen MR) is 303 cm³/mol. The minimum Gasteiger partial charge on any atom is -0.307 e. The summed E-state index contributed by atoms with van der Waals surface area (Å²) in [5, 5.41) is 14.4. The largest absolute Gasteiger partial charge is 0.307 e. The number of benzene rings is 12. The standard InChI is InChI=1S/C68H39F4N5/c1-41-10-14-43(15-11-41)49-34-51(45-18-26-53(74-2)27-19-45)38-55(36-49)76(63-8-4-6-59(69)67(63)71)61-32-24-47-23-31-58-62(33-25-48-22-30-57(61)65(47)66(48)58)77(64-9-5-7-60(70)68(64)72)56-37-50(44-16-12-42(40-73)13-17-44)35-52(39-56)46-20-28-54(75-3)29-21-46/h4-39H,1H3. The first-order valence-corrected chi connectivity index (χ1v) is 24.6. The SMILES string of the molecule is [C-]#[N+]c1ccc(-c2cc(-c3ccc(C)cc3)cc(N(c3cccc(F)c3F)c3ccc4ccc5c(N(c6cc(-c7ccc(C#N)cc7)cc(-c7ccc([N+]#[C-])cc7)c6)c6cccc(F)c6F)ccc6ccc3c4c65)c2)cc1. The molecule has 0 aliphatic carbocycles. The van der Waals surface area contributed by atoms with Crippen molar-refractivity contribution in [2.45, 2.75) is 6.92 Å². The lowest BCUT2D eigenvalue weighted by molar-refractivity contribution is 0.510. The van der Waals surface area contributed by atoms with Gasteiger partial charge in [-0.05, 0) is 158 Å². The number of anilines is 6. The molecule has 364 valence electrons. The van der Waals surface area contributed by atoms with Crippen LogP contribution in [0.3, 0.4) is 0 Å². The second-order valence-electron chi connectivity index (χ2n) is 18.8. The highest BCUT2D eigenvalue weighted by atomic mass is 19.2. The van der Waals surface area contributed by atoms with Crippen molar-refractivity contribution in [1.82, 2.24) is 0 Å². The van der Waals surface area contributed by atoms with Gasteiger partial charge in [-0.1, -0.05) is 139 Å². The molecule has 9 heteroatoms. The number of aryl methyl sites for hydroxylation is 1. The van der Waals surface area contributed by atoms with E-state index in [-0.39, 0.29) is 11.4 Å². The van der Waals surface area contributed by atoms with Crippen molar-refractivity contribution in [2.75, 3.05) is 9.80 Å². The second kappa shape index (κ2) is 19.4. The number of hydrogen-bond acceptors (Lipinski definition) is 3. The molecule has 77 heavy (non-hydrogen) atoms. The Morgan fingerprint density at radius 1 is 0.390 bits per heavy atom. The van der Waals surface area contributed by atoms with Gasteiger partial charge in [0.05, 0.1) is 47.5 Å². The first-order valence-electron chi connectivity index (χ1n) is 24.6. The van der Waals surface area contributed by atoms with E-state index in [0.29, 0.717) is 50.5 Å². The highest BCUT2D eigenvalue weighted by Crippen LogP contribution is 2.50. The summed E-state index contributed by atoms with van der Waals surface area (Å²) in [4.78, 5) is 10.6. The molecule has 0 saturated carbocycles. The van der Waals surface area contributed by atoms with Crippen LogP contribution in [0, 0.1) is 54.7 Å². The van der Waals surface area contributed by atoms with Crippen LogP contribution in [0.5, 0.6) is 0 Å². The molecule has 0 atom stereocenters. The molecule has 0 saturated heterocycles. The molecule has 0 amide bonds. The van der Waals surface area contributed by atoms with Crippen molar-refractivity contribution in [3.63, 3.8) is 0 Å². The molecule has 0 heterocycles. The molecule has 12 aromatic carbocycles. The second-order valence-corrected chi connectivity index (χ2v) is 18.8. The van der Waals surface area contributed by atoms with Crippen molar-refractivity contribution in [1.29, 1.82) is 5.26 Å². The summed E-state index contributed by atoms with van der Waals surface area (Å²) < 4.78 is 64.8. The number of nitrogens with zero attached hydrogens (tertiary/aromatic N) is 5. The first kappa shape index (κ1) is 47.5. The Kier molecular flexibility index (Phi) is 12.0. The fourth-order valence-corrected chi connectivity index (χ4v) is 10.4. The first-order chi connectivity index (χ1) is 37.6. The van der Waals surface area contributed by atoms with E-state index in [1.165, 1.54) is 18.2 Å². The molecule has 0 aliphatic rings. The summed E-state index contributed by atoms with van der Waals surface area (Å²) in [6, 6.07) is 67.4. The monoisotopic (exact) mass is 1000 g/mol. The molecule has 0 bridgehead atoms. The van der Waals surface area contributed by atoms with Crippen LogP contribution in [0.2, 0.25) is 0 Å². The topological polar surface area (TPSA) is 39.0 Å². The van der Waals surface area contributed by atoms with Crippen molar-refractivity contribution in [3.8, 4) is 50.6 Å². The molecular formula is C68H39F4N5. The molecule has 0 spiro atoms. The van der Waals surface area contributed by atoms with Crippen LogP contribution >= 0.6 is 0 Å². The minimum absolute atomic E-state index is 0.0227. The van der Waals surface area contributed by atoms with Gasteiger partial charge in [0, 0.05) is 22.1 Å². The van der Waals surface area contributed by atoms with E-state index in [2.05, 4.69) is 15.8 Å². The van der Waals surface area contributed by atoms with Crippen LogP contribution in [0.4, 0.5) is 63.1 Å². The molecule has 0 aromatic heterocycles. The molecule has 0 unspecified atom stereocenters. The van der Waals surface area contributed by atoms with Gasteiger partial charge in [0.1, 0.15) is 0 Å². The molecule has 0 aliphatic heterocycles. The summed E-state index contributed by atoms with van der Waals surface area (Å²) >= 11 is 0. The maximum Gasteiger partial charge on any atom is 0.187 e. The fourth-order valence-electron chi connectivity index (χ4n) is 10.4. The normalized spacial score (nSPS) is 11.1. The van der Waals surface area contributed by atoms with E-state index >= 15 is 17.6 Å². The molecule has 0 N–H and O–H groups in total. The Labute approximate surface area is 441 Å². The highest BCUT2D eigenvalue weighted by molar-refractivity contribution is 6.28. The van der Waals surface area contributed by atoms with E-state index in [1.54, 1.807) is 52.3 Å². The van der Waals surface area contributed by atoms with Gasteiger partial charge in [-0.3, -0.25) is 0 Å². The summed E-state index contributed by atoms with van der Waals surface area (Å²) in [6.45, 7) is 17.2. The van der Waals surface area contributed by atoms with Crippen LogP contribution in [0.25, 0.3) is 86.5 Å². The molecular weight excluding hydrogens is 963 g/mol. The third-order valence-electron chi connectivity index (χ3n) is 14.2. The molecule has 12 aromatic rings. The number of nitriles is 1. The van der Waals surface area contributed by atoms with Gasteiger partial charge in [0.25, 0.3) is 0 Å². The van der Waals surface area contributed by atoms with Gasteiger partial charge in [0.15, 0.2) is 34.6 Å². The van der Waals surface area contributed by atoms with Crippen LogP contribution in [0.15, 0.2) is 218 Å². The highest BCUT2D eigenvalue weighted by Gasteiger charge is 2.27. The zero-order valence-electron chi connectivity index (χ0n) is 41.0. The summed E-state index contributed by atoms with van der Waals surface area (Å²) in [6.07, 6.45) is 0. The fraction of sp³-hybridized carbons (Fsp3) is 0.0147. The average Bonchev–Trinajstić information content (AvgIpc) is 3.62. The zero-order valence-corrected chi connectivity index (χ0v) is 41.0. The Bertz CT molecular complexity index is 4340. The molecule has 0 radical (unpaired) electrons. The number of halogens is 4. The number of hydrogen-bond donors (Lipinski definition) is 0. The molecule has 5 nitrogen and oxygen atoms in total. The van der Waals surface area contributed by atoms with Gasteiger partial charge in [-0.25, -0.2) is 27.3 Å². The van der Waals surface area contributed by atoms with Crippen molar-refractivity contribution >= 4 is 77.8 Å². The van der Waals surface area contributed by atoms with Gasteiger partial charge in [-0.15, -0.1) is 0 Å². The van der Waals surface area contributed by atoms with E-state index in [4.69, 9.17) is 13.1 Å². The van der Waals surface area contributed by atoms with E-state index in [0.717, 1.165) is 83.7 Å². The Morgan fingerprint density at radius 3 is 1.13 bits per heavy atom. The smallest absolute Gasteiger partial charge is 0.187 e. The summed E-state index contributed by atoms with van der Waals surface area (Å²) in [5.41, 5.74) is 10.9. The predicted octanol–water partition coefficient (Wildman–Crippen LogP) is 20.0. The Balaban J connectivity index is 1.12. The van der Waals surface area contributed by atoms with Gasteiger partial charge in [-0.2, -0.15) is 5.26 Å². The van der Waals surface area contributed by atoms with Crippen LogP contribution in [0.1, 0.15) is 11.1 Å². The maximum absolute atomic E-state index is 16.7. The third-order valence-corrected chi connectivity index (χ3v) is 14.2. The lowest BCUT2D eigenvalue weighted by Gasteiger charge is -2.30. The van der Waals surface area contributed by atoms with Crippen molar-refractivity contribution in [2.24, 2.45) is 0 Å². The van der Waals surface area contributed by atoms with E-state index in [1.807, 2.05) is 153 Å². The quantitative estimate of drug-likeness (QED) is 0.0778. The zero-order chi connectivity index (χ0) is 52.9. The summed E-state index contributed by atoms with van der Waals surface area (Å²) in [7, 11) is 0. The van der Waals surface area contributed by atoms with E-state index in [9.17, 15) is 5.26 Å². The van der Waals surface area contributed by atoms with Crippen LogP contribution < -0.4 is 9.80 Å². The van der Waals surface area contributed by atoms with Crippen molar-refractivity contribution < 1.29 is 17.6 Å². The van der Waals surface area contributed by atoms with Crippen LogP contribution in [-0.2, 0) is 0 Å². The molecule has 12 rings (SSSR count). The average molecular weight is 1000 g/mol. The van der Waals surface area contributed by atoms with Gasteiger partial charge < -0.3 is 9.80 Å². The number of rotatable bonds is 10. The molecule has 0 fully saturated rings. The van der Waals surface area contributed by atoms with Gasteiger partial charge in [0.2, 0.25) is 0 Å². The Morgan fingerprint density at radius 2 is 0.753 bits per heavy atom. The van der Waals surface area contributed by atoms with Gasteiger partial charge >= 0.3 is 0 Å². The Hall–Kier alpha value is -10.5. The lowest BCUT2D eigenvalue weighted by Crippen LogP contribution is -2.14. The van der Waals surface area contributed by atoms with E-state index < -0.39 is 23.3 Å². The maximum atomic E-state index is 16.7. The minimum atomic E-state index is -1.06. The summed E-state index contributed by atoms with van der Waals surface area (Å²) in [5.74, 6) is -4.15.